The number of benzene rings is 2. The monoisotopic (exact) mass is 539 g/mol. The fourth-order valence-corrected chi connectivity index (χ4v) is 4.66. The lowest BCUT2D eigenvalue weighted by atomic mass is 10.1. The number of aryl methyl sites for hydroxylation is 1. The second kappa shape index (κ2) is 11.2. The van der Waals surface area contributed by atoms with Crippen LogP contribution < -0.4 is 21.1 Å². The first-order valence-corrected chi connectivity index (χ1v) is 12.8. The zero-order valence-electron chi connectivity index (χ0n) is 21.2. The number of nitrogens with two attached hydrogens (primary N) is 1. The second-order valence-electron chi connectivity index (χ2n) is 8.66. The molecule has 0 radical (unpaired) electrons. The van der Waals surface area contributed by atoms with Gasteiger partial charge in [-0.3, -0.25) is 14.6 Å². The van der Waals surface area contributed by atoms with Crippen LogP contribution in [0.3, 0.4) is 0 Å². The van der Waals surface area contributed by atoms with Gasteiger partial charge in [0.25, 0.3) is 11.8 Å². The molecule has 10 nitrogen and oxygen atoms in total. The predicted molar refractivity (Wildman–Crippen MR) is 151 cm³/mol. The van der Waals surface area contributed by atoms with Gasteiger partial charge in [0.15, 0.2) is 0 Å². The molecule has 3 heterocycles. The van der Waals surface area contributed by atoms with Gasteiger partial charge in [0.2, 0.25) is 0 Å². The highest BCUT2D eigenvalue weighted by molar-refractivity contribution is 7.13. The summed E-state index contributed by atoms with van der Waals surface area (Å²) in [6, 6.07) is 16.4. The molecule has 0 aliphatic rings. The molecule has 11 heteroatoms. The largest absolute Gasteiger partial charge is 0.497 e. The number of pyridine rings is 1. The van der Waals surface area contributed by atoms with Gasteiger partial charge < -0.3 is 21.1 Å². The van der Waals surface area contributed by atoms with E-state index in [2.05, 4.69) is 25.7 Å². The normalized spacial score (nSPS) is 10.7. The highest BCUT2D eigenvalue weighted by atomic mass is 32.1. The van der Waals surface area contributed by atoms with Crippen molar-refractivity contribution in [3.8, 4) is 16.3 Å². The summed E-state index contributed by atoms with van der Waals surface area (Å²) in [7, 11) is 1.61. The molecule has 0 fully saturated rings. The number of nitrogens with zero attached hydrogens (tertiary/aromatic N) is 4. The van der Waals surface area contributed by atoms with E-state index in [1.807, 2.05) is 43.3 Å². The molecule has 0 atom stereocenters. The van der Waals surface area contributed by atoms with Crippen LogP contribution in [0.2, 0.25) is 0 Å². The van der Waals surface area contributed by atoms with Crippen molar-refractivity contribution in [3.05, 3.63) is 101 Å². The van der Waals surface area contributed by atoms with Gasteiger partial charge in [-0.25, -0.2) is 9.67 Å². The zero-order valence-corrected chi connectivity index (χ0v) is 22.0. The van der Waals surface area contributed by atoms with Crippen molar-refractivity contribution in [1.29, 1.82) is 0 Å². The van der Waals surface area contributed by atoms with E-state index in [9.17, 15) is 9.59 Å². The van der Waals surface area contributed by atoms with Crippen molar-refractivity contribution in [2.45, 2.75) is 13.5 Å². The molecule has 0 saturated carbocycles. The minimum atomic E-state index is -0.370. The van der Waals surface area contributed by atoms with Crippen LogP contribution >= 0.6 is 11.3 Å². The van der Waals surface area contributed by atoms with Crippen LogP contribution in [0.5, 0.6) is 5.75 Å². The Morgan fingerprint density at radius 1 is 1.03 bits per heavy atom. The number of hydrogen-bond acceptors (Lipinski definition) is 8. The summed E-state index contributed by atoms with van der Waals surface area (Å²) in [6.07, 6.45) is 4.87. The van der Waals surface area contributed by atoms with E-state index >= 15 is 0 Å². The minimum Gasteiger partial charge on any atom is -0.497 e. The van der Waals surface area contributed by atoms with Gasteiger partial charge in [-0.2, -0.15) is 5.10 Å². The number of nitrogens with one attached hydrogen (secondary N) is 2. The van der Waals surface area contributed by atoms with Crippen LogP contribution in [0.25, 0.3) is 10.6 Å². The Balaban J connectivity index is 1.27. The molecule has 0 bridgehead atoms. The number of rotatable bonds is 8. The van der Waals surface area contributed by atoms with E-state index in [0.717, 1.165) is 27.4 Å². The third-order valence-corrected chi connectivity index (χ3v) is 6.92. The predicted octanol–water partition coefficient (Wildman–Crippen LogP) is 4.85. The van der Waals surface area contributed by atoms with E-state index in [0.29, 0.717) is 29.3 Å². The molecule has 0 aliphatic heterocycles. The van der Waals surface area contributed by atoms with Crippen molar-refractivity contribution >= 4 is 40.3 Å². The Hall–Kier alpha value is -5.03. The van der Waals surface area contributed by atoms with Gasteiger partial charge >= 0.3 is 0 Å². The summed E-state index contributed by atoms with van der Waals surface area (Å²) in [5.41, 5.74) is 10.4. The standard InChI is InChI=1S/C28H25N7O3S/c1-17-3-6-20(32-27(37)24-16-39-28(34-24)19-9-11-30-12-10-19)13-22(17)26(36)33-23-14-31-35(25(23)29)15-18-4-7-21(38-2)8-5-18/h3-14,16H,15,29H2,1-2H3,(H,32,37)(H,33,36). The first-order chi connectivity index (χ1) is 18.9. The summed E-state index contributed by atoms with van der Waals surface area (Å²) in [4.78, 5) is 34.4. The van der Waals surface area contributed by atoms with Gasteiger partial charge in [-0.05, 0) is 54.4 Å². The fraction of sp³-hybridized carbons (Fsp3) is 0.107. The lowest BCUT2D eigenvalue weighted by Crippen LogP contribution is -2.16. The van der Waals surface area contributed by atoms with Crippen LogP contribution in [-0.2, 0) is 6.54 Å². The summed E-state index contributed by atoms with van der Waals surface area (Å²) >= 11 is 1.37. The highest BCUT2D eigenvalue weighted by Gasteiger charge is 2.17. The van der Waals surface area contributed by atoms with Gasteiger partial charge in [0, 0.05) is 34.6 Å². The van der Waals surface area contributed by atoms with Crippen LogP contribution in [0.15, 0.2) is 78.6 Å². The van der Waals surface area contributed by atoms with Crippen molar-refractivity contribution < 1.29 is 14.3 Å². The lowest BCUT2D eigenvalue weighted by Gasteiger charge is -2.11. The summed E-state index contributed by atoms with van der Waals surface area (Å²) in [6.45, 7) is 2.25. The number of methoxy groups -OCH3 is 1. The molecule has 5 rings (SSSR count). The van der Waals surface area contributed by atoms with Crippen molar-refractivity contribution in [2.75, 3.05) is 23.5 Å². The molecular formula is C28H25N7O3S. The van der Waals surface area contributed by atoms with Crippen LogP contribution in [0.4, 0.5) is 17.2 Å². The quantitative estimate of drug-likeness (QED) is 0.256. The smallest absolute Gasteiger partial charge is 0.275 e. The minimum absolute atomic E-state index is 0.287. The van der Waals surface area contributed by atoms with Gasteiger partial charge in [0.05, 0.1) is 19.9 Å². The first-order valence-electron chi connectivity index (χ1n) is 11.9. The Bertz CT molecular complexity index is 1630. The average Bonchev–Trinajstić information content (AvgIpc) is 3.58. The SMILES string of the molecule is COc1ccc(Cn2ncc(NC(=O)c3cc(NC(=O)c4csc(-c5ccncc5)n4)ccc3C)c2N)cc1. The maximum Gasteiger partial charge on any atom is 0.275 e. The number of anilines is 3. The Labute approximate surface area is 228 Å². The Morgan fingerprint density at radius 2 is 1.79 bits per heavy atom. The summed E-state index contributed by atoms with van der Waals surface area (Å²) < 4.78 is 6.80. The number of amides is 2. The molecule has 39 heavy (non-hydrogen) atoms. The number of carbonyl (C=O) groups is 2. The molecule has 196 valence electrons. The number of thiazole rings is 1. The first kappa shape index (κ1) is 25.6. The van der Waals surface area contributed by atoms with E-state index in [1.165, 1.54) is 17.5 Å². The average molecular weight is 540 g/mol. The molecule has 4 N–H and O–H groups in total. The molecule has 0 saturated heterocycles. The van der Waals surface area contributed by atoms with E-state index in [4.69, 9.17) is 10.5 Å². The molecular weight excluding hydrogens is 514 g/mol. The highest BCUT2D eigenvalue weighted by Crippen LogP contribution is 2.25. The van der Waals surface area contributed by atoms with Crippen molar-refractivity contribution in [2.24, 2.45) is 0 Å². The number of hydrogen-bond donors (Lipinski definition) is 3. The summed E-state index contributed by atoms with van der Waals surface area (Å²) in [5, 5.41) is 12.4. The summed E-state index contributed by atoms with van der Waals surface area (Å²) in [5.74, 6) is 0.351. The number of nitrogen functional groups attached to an aromatic ring is 1. The number of ether oxygens (including phenoxy) is 1. The van der Waals surface area contributed by atoms with Crippen molar-refractivity contribution in [3.63, 3.8) is 0 Å². The Morgan fingerprint density at radius 3 is 2.54 bits per heavy atom. The molecule has 0 spiro atoms. The maximum absolute atomic E-state index is 13.1. The topological polar surface area (TPSA) is 137 Å². The maximum atomic E-state index is 13.1. The third kappa shape index (κ3) is 5.78. The second-order valence-corrected chi connectivity index (χ2v) is 9.52. The molecule has 2 amide bonds. The molecule has 3 aromatic heterocycles. The number of carbonyl (C=O) groups excluding carboxylic acids is 2. The molecule has 0 unspecified atom stereocenters. The van der Waals surface area contributed by atoms with Crippen LogP contribution in [0.1, 0.15) is 32.0 Å². The van der Waals surface area contributed by atoms with Crippen LogP contribution in [-0.4, -0.2) is 38.7 Å². The molecule has 0 aliphatic carbocycles. The lowest BCUT2D eigenvalue weighted by molar-refractivity contribution is 0.101. The third-order valence-electron chi connectivity index (χ3n) is 6.02. The number of aromatic nitrogens is 4. The molecule has 2 aromatic carbocycles. The van der Waals surface area contributed by atoms with E-state index < -0.39 is 0 Å². The van der Waals surface area contributed by atoms with Crippen LogP contribution in [0, 0.1) is 6.92 Å². The van der Waals surface area contributed by atoms with Crippen molar-refractivity contribution in [1.82, 2.24) is 19.7 Å². The van der Waals surface area contributed by atoms with Gasteiger partial charge in [0.1, 0.15) is 28.0 Å². The fourth-order valence-electron chi connectivity index (χ4n) is 3.86. The van der Waals surface area contributed by atoms with Gasteiger partial charge in [-0.1, -0.05) is 18.2 Å². The van der Waals surface area contributed by atoms with Gasteiger partial charge in [-0.15, -0.1) is 11.3 Å². The van der Waals surface area contributed by atoms with E-state index in [-0.39, 0.29) is 17.5 Å². The Kier molecular flexibility index (Phi) is 7.32. The zero-order chi connectivity index (χ0) is 27.4. The molecule has 5 aromatic rings. The van der Waals surface area contributed by atoms with E-state index in [1.54, 1.807) is 47.8 Å².